The van der Waals surface area contributed by atoms with Gasteiger partial charge in [0.05, 0.1) is 12.7 Å². The second kappa shape index (κ2) is 4.43. The second-order valence-corrected chi connectivity index (χ2v) is 5.02. The average molecular weight is 259 g/mol. The molecule has 3 heteroatoms. The van der Waals surface area contributed by atoms with E-state index in [1.165, 1.54) is 0 Å². The van der Waals surface area contributed by atoms with Gasteiger partial charge in [0.1, 0.15) is 0 Å². The van der Waals surface area contributed by atoms with Crippen LogP contribution in [0.1, 0.15) is 25.5 Å². The standard InChI is InChI=1S/C11H15BrO2/c1-11(2,7-13)10(14)8-3-5-9(12)6-4-8/h3-6,10,13-14H,7H2,1-2H3. The first-order valence-corrected chi connectivity index (χ1v) is 5.31. The van der Waals surface area contributed by atoms with Crippen LogP contribution >= 0.6 is 15.9 Å². The third kappa shape index (κ3) is 2.56. The highest BCUT2D eigenvalue weighted by Gasteiger charge is 2.28. The quantitative estimate of drug-likeness (QED) is 0.875. The van der Waals surface area contributed by atoms with Crippen LogP contribution in [0.3, 0.4) is 0 Å². The Morgan fingerprint density at radius 2 is 1.79 bits per heavy atom. The van der Waals surface area contributed by atoms with Gasteiger partial charge in [-0.3, -0.25) is 0 Å². The van der Waals surface area contributed by atoms with Gasteiger partial charge >= 0.3 is 0 Å². The molecule has 0 spiro atoms. The van der Waals surface area contributed by atoms with E-state index in [4.69, 9.17) is 5.11 Å². The van der Waals surface area contributed by atoms with Gasteiger partial charge in [-0.05, 0) is 17.7 Å². The summed E-state index contributed by atoms with van der Waals surface area (Å²) in [5, 5.41) is 19.1. The Kier molecular flexibility index (Phi) is 3.70. The minimum absolute atomic E-state index is 0.0375. The van der Waals surface area contributed by atoms with E-state index in [2.05, 4.69) is 15.9 Å². The summed E-state index contributed by atoms with van der Waals surface area (Å²) in [6.45, 7) is 3.63. The first-order valence-electron chi connectivity index (χ1n) is 4.52. The summed E-state index contributed by atoms with van der Waals surface area (Å²) in [7, 11) is 0. The minimum Gasteiger partial charge on any atom is -0.396 e. The molecule has 78 valence electrons. The molecule has 0 aliphatic carbocycles. The number of aliphatic hydroxyl groups excluding tert-OH is 2. The first kappa shape index (κ1) is 11.7. The molecular formula is C11H15BrO2. The molecule has 0 radical (unpaired) electrons. The maximum Gasteiger partial charge on any atom is 0.0862 e. The maximum absolute atomic E-state index is 9.96. The molecule has 0 saturated carbocycles. The first-order chi connectivity index (χ1) is 6.47. The third-order valence-electron chi connectivity index (χ3n) is 2.33. The molecule has 1 unspecified atom stereocenters. The molecule has 0 aromatic heterocycles. The van der Waals surface area contributed by atoms with Crippen molar-refractivity contribution in [1.29, 1.82) is 0 Å². The van der Waals surface area contributed by atoms with E-state index in [0.29, 0.717) is 0 Å². The van der Waals surface area contributed by atoms with Crippen LogP contribution in [0.25, 0.3) is 0 Å². The number of hydrogen-bond donors (Lipinski definition) is 2. The molecule has 1 atom stereocenters. The Morgan fingerprint density at radius 3 is 2.21 bits per heavy atom. The van der Waals surface area contributed by atoms with Crippen molar-refractivity contribution in [2.24, 2.45) is 5.41 Å². The largest absolute Gasteiger partial charge is 0.396 e. The average Bonchev–Trinajstić information content (AvgIpc) is 2.18. The molecule has 1 aromatic carbocycles. The van der Waals surface area contributed by atoms with E-state index in [1.807, 2.05) is 38.1 Å². The fraction of sp³-hybridized carbons (Fsp3) is 0.455. The Labute approximate surface area is 92.7 Å². The van der Waals surface area contributed by atoms with E-state index in [9.17, 15) is 5.11 Å². The van der Waals surface area contributed by atoms with Crippen molar-refractivity contribution in [2.75, 3.05) is 6.61 Å². The molecule has 0 amide bonds. The van der Waals surface area contributed by atoms with Crippen LogP contribution in [0, 0.1) is 5.41 Å². The summed E-state index contributed by atoms with van der Waals surface area (Å²) in [5.74, 6) is 0. The van der Waals surface area contributed by atoms with Gasteiger partial charge in [0.25, 0.3) is 0 Å². The molecule has 0 fully saturated rings. The highest BCUT2D eigenvalue weighted by molar-refractivity contribution is 9.10. The van der Waals surface area contributed by atoms with Gasteiger partial charge in [0.15, 0.2) is 0 Å². The van der Waals surface area contributed by atoms with E-state index < -0.39 is 11.5 Å². The summed E-state index contributed by atoms with van der Waals surface area (Å²) in [5.41, 5.74) is 0.320. The molecule has 0 aliphatic heterocycles. The fourth-order valence-electron chi connectivity index (χ4n) is 1.18. The van der Waals surface area contributed by atoms with Crippen LogP contribution in [-0.2, 0) is 0 Å². The van der Waals surface area contributed by atoms with E-state index >= 15 is 0 Å². The highest BCUT2D eigenvalue weighted by Crippen LogP contribution is 2.32. The summed E-state index contributed by atoms with van der Waals surface area (Å²) in [6.07, 6.45) is -0.638. The number of rotatable bonds is 3. The normalized spacial score (nSPS) is 14.1. The molecule has 2 N–H and O–H groups in total. The van der Waals surface area contributed by atoms with Crippen molar-refractivity contribution in [3.8, 4) is 0 Å². The van der Waals surface area contributed by atoms with Crippen molar-refractivity contribution in [2.45, 2.75) is 20.0 Å². The van der Waals surface area contributed by atoms with Crippen LogP contribution in [0.15, 0.2) is 28.7 Å². The van der Waals surface area contributed by atoms with Crippen molar-refractivity contribution < 1.29 is 10.2 Å². The van der Waals surface area contributed by atoms with E-state index in [-0.39, 0.29) is 6.61 Å². The zero-order valence-electron chi connectivity index (χ0n) is 8.37. The molecule has 2 nitrogen and oxygen atoms in total. The van der Waals surface area contributed by atoms with Gasteiger partial charge in [-0.2, -0.15) is 0 Å². The van der Waals surface area contributed by atoms with E-state index in [1.54, 1.807) is 0 Å². The Hall–Kier alpha value is -0.380. The number of benzene rings is 1. The zero-order chi connectivity index (χ0) is 10.8. The van der Waals surface area contributed by atoms with Gasteiger partial charge in [-0.15, -0.1) is 0 Å². The van der Waals surface area contributed by atoms with Crippen molar-refractivity contribution >= 4 is 15.9 Å². The SMILES string of the molecule is CC(C)(CO)C(O)c1ccc(Br)cc1. The third-order valence-corrected chi connectivity index (χ3v) is 2.86. The summed E-state index contributed by atoms with van der Waals surface area (Å²) in [6, 6.07) is 7.47. The Balaban J connectivity index is 2.89. The van der Waals surface area contributed by atoms with Crippen LogP contribution in [0.4, 0.5) is 0 Å². The summed E-state index contributed by atoms with van der Waals surface area (Å²) in [4.78, 5) is 0. The minimum atomic E-state index is -0.638. The number of hydrogen-bond acceptors (Lipinski definition) is 2. The fourth-order valence-corrected chi connectivity index (χ4v) is 1.45. The van der Waals surface area contributed by atoms with Gasteiger partial charge in [-0.25, -0.2) is 0 Å². The molecule has 1 rings (SSSR count). The van der Waals surface area contributed by atoms with Gasteiger partial charge in [0, 0.05) is 9.89 Å². The molecule has 0 bridgehead atoms. The van der Waals surface area contributed by atoms with Crippen molar-refractivity contribution in [1.82, 2.24) is 0 Å². The molecular weight excluding hydrogens is 244 g/mol. The Morgan fingerprint density at radius 1 is 1.29 bits per heavy atom. The lowest BCUT2D eigenvalue weighted by atomic mass is 9.83. The lowest BCUT2D eigenvalue weighted by Gasteiger charge is -2.28. The van der Waals surface area contributed by atoms with Crippen molar-refractivity contribution in [3.63, 3.8) is 0 Å². The zero-order valence-corrected chi connectivity index (χ0v) is 9.95. The predicted molar refractivity (Wildman–Crippen MR) is 60.0 cm³/mol. The summed E-state index contributed by atoms with van der Waals surface area (Å²) >= 11 is 3.33. The number of halogens is 1. The molecule has 0 heterocycles. The van der Waals surface area contributed by atoms with E-state index in [0.717, 1.165) is 10.0 Å². The lowest BCUT2D eigenvalue weighted by Crippen LogP contribution is -2.25. The van der Waals surface area contributed by atoms with Crippen LogP contribution < -0.4 is 0 Å². The smallest absolute Gasteiger partial charge is 0.0862 e. The number of aliphatic hydroxyl groups is 2. The predicted octanol–water partition coefficient (Wildman–Crippen LogP) is 2.50. The topological polar surface area (TPSA) is 40.5 Å². The molecule has 14 heavy (non-hydrogen) atoms. The summed E-state index contributed by atoms with van der Waals surface area (Å²) < 4.78 is 0.982. The highest BCUT2D eigenvalue weighted by atomic mass is 79.9. The van der Waals surface area contributed by atoms with Crippen LogP contribution in [0.2, 0.25) is 0 Å². The second-order valence-electron chi connectivity index (χ2n) is 4.10. The monoisotopic (exact) mass is 258 g/mol. The van der Waals surface area contributed by atoms with Crippen LogP contribution in [-0.4, -0.2) is 16.8 Å². The van der Waals surface area contributed by atoms with Crippen LogP contribution in [0.5, 0.6) is 0 Å². The van der Waals surface area contributed by atoms with Gasteiger partial charge < -0.3 is 10.2 Å². The molecule has 1 aromatic rings. The lowest BCUT2D eigenvalue weighted by molar-refractivity contribution is 0.00638. The molecule has 0 aliphatic rings. The Bertz CT molecular complexity index is 293. The van der Waals surface area contributed by atoms with Gasteiger partial charge in [-0.1, -0.05) is 41.9 Å². The molecule has 0 saturated heterocycles. The maximum atomic E-state index is 9.96. The van der Waals surface area contributed by atoms with Gasteiger partial charge in [0.2, 0.25) is 0 Å². The van der Waals surface area contributed by atoms with Crippen molar-refractivity contribution in [3.05, 3.63) is 34.3 Å².